The van der Waals surface area contributed by atoms with Gasteiger partial charge in [-0.15, -0.1) is 0 Å². The summed E-state index contributed by atoms with van der Waals surface area (Å²) in [5.41, 5.74) is 1.97. The lowest BCUT2D eigenvalue weighted by molar-refractivity contribution is 0.129. The quantitative estimate of drug-likeness (QED) is 0.914. The molecule has 2 aromatic rings. The van der Waals surface area contributed by atoms with Crippen molar-refractivity contribution in [3.05, 3.63) is 64.7 Å². The number of rotatable bonds is 4. The van der Waals surface area contributed by atoms with Gasteiger partial charge in [0, 0.05) is 11.1 Å². The number of nitrogens with zero attached hydrogens (tertiary/aromatic N) is 1. The highest BCUT2D eigenvalue weighted by Gasteiger charge is 2.35. The van der Waals surface area contributed by atoms with E-state index in [0.29, 0.717) is 18.0 Å². The molecule has 1 aliphatic rings. The summed E-state index contributed by atoms with van der Waals surface area (Å²) >= 11 is 6.00. The Hall–Kier alpha value is -2.20. The Kier molecular flexibility index (Phi) is 4.44. The van der Waals surface area contributed by atoms with Gasteiger partial charge in [0.2, 0.25) is 0 Å². The van der Waals surface area contributed by atoms with Gasteiger partial charge in [-0.3, -0.25) is 0 Å². The van der Waals surface area contributed by atoms with Crippen molar-refractivity contribution in [2.75, 3.05) is 6.54 Å². The Morgan fingerprint density at radius 1 is 1.30 bits per heavy atom. The molecule has 23 heavy (non-hydrogen) atoms. The van der Waals surface area contributed by atoms with Gasteiger partial charge in [0.25, 0.3) is 0 Å². The maximum Gasteiger partial charge on any atom is 0.410 e. The van der Waals surface area contributed by atoms with Crippen LogP contribution in [0, 0.1) is 0 Å². The van der Waals surface area contributed by atoms with Crippen molar-refractivity contribution in [1.82, 2.24) is 4.90 Å². The Morgan fingerprint density at radius 3 is 2.74 bits per heavy atom. The van der Waals surface area contributed by atoms with Gasteiger partial charge in [0.05, 0.1) is 6.54 Å². The minimum Gasteiger partial charge on any atom is -0.508 e. The summed E-state index contributed by atoms with van der Waals surface area (Å²) < 4.78 is 5.48. The van der Waals surface area contributed by atoms with Crippen LogP contribution < -0.4 is 0 Å². The summed E-state index contributed by atoms with van der Waals surface area (Å²) in [6, 6.07) is 14.4. The first-order valence-corrected chi connectivity index (χ1v) is 7.91. The third kappa shape index (κ3) is 3.59. The molecule has 2 atom stereocenters. The van der Waals surface area contributed by atoms with Crippen molar-refractivity contribution in [3.63, 3.8) is 0 Å². The Balaban J connectivity index is 1.68. The van der Waals surface area contributed by atoms with E-state index >= 15 is 0 Å². The monoisotopic (exact) mass is 331 g/mol. The zero-order chi connectivity index (χ0) is 16.4. The summed E-state index contributed by atoms with van der Waals surface area (Å²) in [5, 5.41) is 9.97. The lowest BCUT2D eigenvalue weighted by Gasteiger charge is -2.22. The number of carbonyl (C=O) groups excluding carboxylic acids is 1. The van der Waals surface area contributed by atoms with Crippen LogP contribution in [0.25, 0.3) is 0 Å². The van der Waals surface area contributed by atoms with E-state index in [2.05, 4.69) is 0 Å². The minimum atomic E-state index is -0.304. The first kappa shape index (κ1) is 15.7. The van der Waals surface area contributed by atoms with Crippen molar-refractivity contribution in [3.8, 4) is 5.75 Å². The highest BCUT2D eigenvalue weighted by Crippen LogP contribution is 2.29. The molecular formula is C18H18ClNO3. The van der Waals surface area contributed by atoms with Gasteiger partial charge in [0.15, 0.2) is 0 Å². The molecule has 120 valence electrons. The number of carbonyl (C=O) groups is 1. The van der Waals surface area contributed by atoms with E-state index in [4.69, 9.17) is 16.3 Å². The summed E-state index contributed by atoms with van der Waals surface area (Å²) in [6.45, 7) is 2.51. The molecule has 1 saturated heterocycles. The predicted molar refractivity (Wildman–Crippen MR) is 88.7 cm³/mol. The third-order valence-corrected chi connectivity index (χ3v) is 4.30. The molecule has 0 spiro atoms. The molecule has 0 saturated carbocycles. The number of phenols is 1. The molecular weight excluding hydrogens is 314 g/mol. The van der Waals surface area contributed by atoms with E-state index in [9.17, 15) is 9.90 Å². The molecule has 1 amide bonds. The molecule has 0 aliphatic carbocycles. The number of ether oxygens (including phenoxy) is 1. The van der Waals surface area contributed by atoms with Crippen LogP contribution in [0.3, 0.4) is 0 Å². The van der Waals surface area contributed by atoms with Crippen molar-refractivity contribution < 1.29 is 14.6 Å². The SMILES string of the molecule is C[C@H](Cc1ccc(O)cc1)N1CC(c2cccc(Cl)c2)OC1=O. The molecule has 0 bridgehead atoms. The Morgan fingerprint density at radius 2 is 2.04 bits per heavy atom. The molecule has 1 N–H and O–H groups in total. The summed E-state index contributed by atoms with van der Waals surface area (Å²) in [6.07, 6.45) is 0.113. The molecule has 4 nitrogen and oxygen atoms in total. The average molecular weight is 332 g/mol. The van der Waals surface area contributed by atoms with Crippen molar-refractivity contribution in [2.24, 2.45) is 0 Å². The summed E-state index contributed by atoms with van der Waals surface area (Å²) in [5.74, 6) is 0.239. The van der Waals surface area contributed by atoms with E-state index < -0.39 is 0 Å². The standard InChI is InChI=1S/C18H18ClNO3/c1-12(9-13-5-7-16(21)8-6-13)20-11-17(23-18(20)22)14-3-2-4-15(19)10-14/h2-8,10,12,17,21H,9,11H2,1H3/t12-,17?/m1/s1. The van der Waals surface area contributed by atoms with E-state index in [1.54, 1.807) is 23.1 Å². The Labute approximate surface area is 140 Å². The average Bonchev–Trinajstić information content (AvgIpc) is 2.92. The van der Waals surface area contributed by atoms with Crippen LogP contribution in [0.5, 0.6) is 5.75 Å². The second kappa shape index (κ2) is 6.50. The van der Waals surface area contributed by atoms with Gasteiger partial charge < -0.3 is 14.7 Å². The number of cyclic esters (lactones) is 1. The second-order valence-electron chi connectivity index (χ2n) is 5.80. The molecule has 1 fully saturated rings. The smallest absolute Gasteiger partial charge is 0.410 e. The summed E-state index contributed by atoms with van der Waals surface area (Å²) in [4.78, 5) is 13.9. The van der Waals surface area contributed by atoms with E-state index in [-0.39, 0.29) is 24.0 Å². The van der Waals surface area contributed by atoms with E-state index in [1.807, 2.05) is 37.3 Å². The van der Waals surface area contributed by atoms with E-state index in [0.717, 1.165) is 11.1 Å². The van der Waals surface area contributed by atoms with Crippen LogP contribution in [-0.4, -0.2) is 28.7 Å². The zero-order valence-electron chi connectivity index (χ0n) is 12.8. The van der Waals surface area contributed by atoms with Crippen LogP contribution in [0.2, 0.25) is 5.02 Å². The summed E-state index contributed by atoms with van der Waals surface area (Å²) in [7, 11) is 0. The topological polar surface area (TPSA) is 49.8 Å². The van der Waals surface area contributed by atoms with Gasteiger partial charge in [-0.2, -0.15) is 0 Å². The molecule has 3 rings (SSSR count). The van der Waals surface area contributed by atoms with Gasteiger partial charge in [0.1, 0.15) is 11.9 Å². The zero-order valence-corrected chi connectivity index (χ0v) is 13.5. The molecule has 1 unspecified atom stereocenters. The Bertz CT molecular complexity index is 702. The van der Waals surface area contributed by atoms with E-state index in [1.165, 1.54) is 0 Å². The maximum atomic E-state index is 12.2. The van der Waals surface area contributed by atoms with Crippen molar-refractivity contribution in [2.45, 2.75) is 25.5 Å². The molecule has 0 radical (unpaired) electrons. The molecule has 1 aliphatic heterocycles. The number of aromatic hydroxyl groups is 1. The number of hydrogen-bond acceptors (Lipinski definition) is 3. The number of amides is 1. The number of halogens is 1. The largest absolute Gasteiger partial charge is 0.508 e. The fourth-order valence-corrected chi connectivity index (χ4v) is 3.00. The first-order chi connectivity index (χ1) is 11.0. The number of benzene rings is 2. The highest BCUT2D eigenvalue weighted by molar-refractivity contribution is 6.30. The molecule has 0 aromatic heterocycles. The van der Waals surface area contributed by atoms with Crippen LogP contribution in [0.15, 0.2) is 48.5 Å². The maximum absolute atomic E-state index is 12.2. The fourth-order valence-electron chi connectivity index (χ4n) is 2.80. The first-order valence-electron chi connectivity index (χ1n) is 7.53. The van der Waals surface area contributed by atoms with Gasteiger partial charge in [-0.25, -0.2) is 4.79 Å². The fraction of sp³-hybridized carbons (Fsp3) is 0.278. The van der Waals surface area contributed by atoms with Crippen LogP contribution >= 0.6 is 11.6 Å². The lowest BCUT2D eigenvalue weighted by Crippen LogP contribution is -2.35. The number of phenolic OH excluding ortho intramolecular Hbond substituents is 1. The van der Waals surface area contributed by atoms with Crippen LogP contribution in [0.1, 0.15) is 24.2 Å². The van der Waals surface area contributed by atoms with Gasteiger partial charge in [-0.1, -0.05) is 35.9 Å². The van der Waals surface area contributed by atoms with Gasteiger partial charge >= 0.3 is 6.09 Å². The van der Waals surface area contributed by atoms with Gasteiger partial charge in [-0.05, 0) is 48.7 Å². The highest BCUT2D eigenvalue weighted by atomic mass is 35.5. The number of hydrogen-bond donors (Lipinski definition) is 1. The molecule has 2 aromatic carbocycles. The lowest BCUT2D eigenvalue weighted by atomic mass is 10.0. The second-order valence-corrected chi connectivity index (χ2v) is 6.24. The molecule has 5 heteroatoms. The predicted octanol–water partition coefficient (Wildman–Crippen LogP) is 4.17. The van der Waals surface area contributed by atoms with Crippen molar-refractivity contribution >= 4 is 17.7 Å². The third-order valence-electron chi connectivity index (χ3n) is 4.06. The van der Waals surface area contributed by atoms with Crippen LogP contribution in [0.4, 0.5) is 4.79 Å². The molecule has 1 heterocycles. The van der Waals surface area contributed by atoms with Crippen molar-refractivity contribution in [1.29, 1.82) is 0 Å². The minimum absolute atomic E-state index is 0.0104. The normalized spacial score (nSPS) is 18.8. The van der Waals surface area contributed by atoms with Crippen LogP contribution in [-0.2, 0) is 11.2 Å².